The van der Waals surface area contributed by atoms with Crippen molar-refractivity contribution in [2.75, 3.05) is 39.5 Å². The molecule has 1 heterocycles. The van der Waals surface area contributed by atoms with Crippen LogP contribution in [0, 0.1) is 10.1 Å². The molecule has 0 aromatic heterocycles. The average molecular weight is 420 g/mol. The summed E-state index contributed by atoms with van der Waals surface area (Å²) < 4.78 is 10.8. The third-order valence-corrected chi connectivity index (χ3v) is 4.88. The summed E-state index contributed by atoms with van der Waals surface area (Å²) in [6, 6.07) is 13.3. The molecule has 29 heavy (non-hydrogen) atoms. The maximum atomic E-state index is 12.3. The molecule has 0 saturated carbocycles. The van der Waals surface area contributed by atoms with Crippen LogP contribution < -0.4 is 10.1 Å². The minimum atomic E-state index is -0.508. The highest BCUT2D eigenvalue weighted by Gasteiger charge is 2.23. The van der Waals surface area contributed by atoms with Crippen LogP contribution in [0.4, 0.5) is 5.69 Å². The van der Waals surface area contributed by atoms with E-state index < -0.39 is 4.92 Å². The van der Waals surface area contributed by atoms with Crippen molar-refractivity contribution >= 4 is 23.2 Å². The van der Waals surface area contributed by atoms with Crippen molar-refractivity contribution < 1.29 is 19.2 Å². The lowest BCUT2D eigenvalue weighted by Crippen LogP contribution is -2.44. The highest BCUT2D eigenvalue weighted by atomic mass is 35.5. The summed E-state index contributed by atoms with van der Waals surface area (Å²) >= 11 is 6.00. The van der Waals surface area contributed by atoms with Crippen LogP contribution >= 0.6 is 11.6 Å². The standard InChI is InChI=1S/C20H22ClN3O5/c21-16-6-4-15(5-7-16)19(23-8-10-28-11-9-23)13-22-20(25)14-29-18-3-1-2-17(12-18)24(26)27/h1-7,12,19H,8-11,13-14H2,(H,22,25). The van der Waals surface area contributed by atoms with Gasteiger partial charge in [0.25, 0.3) is 11.6 Å². The summed E-state index contributed by atoms with van der Waals surface area (Å²) in [5.74, 6) is -0.0273. The molecule has 1 atom stereocenters. The van der Waals surface area contributed by atoms with Crippen molar-refractivity contribution in [2.45, 2.75) is 6.04 Å². The minimum Gasteiger partial charge on any atom is -0.484 e. The fraction of sp³-hybridized carbons (Fsp3) is 0.350. The van der Waals surface area contributed by atoms with Crippen LogP contribution in [-0.2, 0) is 9.53 Å². The van der Waals surface area contributed by atoms with Gasteiger partial charge in [-0.3, -0.25) is 19.8 Å². The van der Waals surface area contributed by atoms with Crippen molar-refractivity contribution in [1.82, 2.24) is 10.2 Å². The number of hydrogen-bond acceptors (Lipinski definition) is 6. The van der Waals surface area contributed by atoms with Crippen molar-refractivity contribution in [3.05, 3.63) is 69.2 Å². The number of nitro groups is 1. The molecule has 2 aromatic rings. The number of non-ortho nitro benzene ring substituents is 1. The molecule has 0 bridgehead atoms. The van der Waals surface area contributed by atoms with E-state index >= 15 is 0 Å². The van der Waals surface area contributed by atoms with Crippen LogP contribution in [0.25, 0.3) is 0 Å². The number of hydrogen-bond donors (Lipinski definition) is 1. The minimum absolute atomic E-state index is 0.0158. The van der Waals surface area contributed by atoms with Gasteiger partial charge in [-0.1, -0.05) is 29.8 Å². The van der Waals surface area contributed by atoms with Gasteiger partial charge in [-0.25, -0.2) is 0 Å². The molecular formula is C20H22ClN3O5. The number of benzene rings is 2. The Hall–Kier alpha value is -2.68. The Labute approximate surface area is 173 Å². The molecule has 3 rings (SSSR count). The zero-order valence-electron chi connectivity index (χ0n) is 15.8. The number of amides is 1. The van der Waals surface area contributed by atoms with Crippen LogP contribution in [0.2, 0.25) is 5.02 Å². The quantitative estimate of drug-likeness (QED) is 0.522. The van der Waals surface area contributed by atoms with E-state index in [4.69, 9.17) is 21.1 Å². The predicted octanol–water partition coefficient (Wildman–Crippen LogP) is 2.82. The smallest absolute Gasteiger partial charge is 0.273 e. The van der Waals surface area contributed by atoms with Crippen LogP contribution in [0.3, 0.4) is 0 Å². The second-order valence-electron chi connectivity index (χ2n) is 6.56. The van der Waals surface area contributed by atoms with Gasteiger partial charge in [0.15, 0.2) is 6.61 Å². The third-order valence-electron chi connectivity index (χ3n) is 4.63. The third kappa shape index (κ3) is 6.15. The first-order chi connectivity index (χ1) is 14.0. The summed E-state index contributed by atoms with van der Waals surface area (Å²) in [6.45, 7) is 3.01. The largest absolute Gasteiger partial charge is 0.484 e. The van der Waals surface area contributed by atoms with E-state index in [1.54, 1.807) is 6.07 Å². The molecule has 0 spiro atoms. The molecule has 1 aliphatic rings. The number of carbonyl (C=O) groups is 1. The van der Waals surface area contributed by atoms with Gasteiger partial charge in [0.2, 0.25) is 0 Å². The average Bonchev–Trinajstić information content (AvgIpc) is 2.74. The van der Waals surface area contributed by atoms with Gasteiger partial charge in [-0.2, -0.15) is 0 Å². The second kappa shape index (κ2) is 10.2. The first-order valence-electron chi connectivity index (χ1n) is 9.24. The molecule has 9 heteroatoms. The number of nitro benzene ring substituents is 1. The van der Waals surface area contributed by atoms with E-state index in [0.29, 0.717) is 24.8 Å². The van der Waals surface area contributed by atoms with Crippen molar-refractivity contribution in [2.24, 2.45) is 0 Å². The number of halogens is 1. The highest BCUT2D eigenvalue weighted by Crippen LogP contribution is 2.23. The van der Waals surface area contributed by atoms with E-state index in [0.717, 1.165) is 18.7 Å². The maximum Gasteiger partial charge on any atom is 0.273 e. The van der Waals surface area contributed by atoms with Crippen molar-refractivity contribution in [3.8, 4) is 5.75 Å². The topological polar surface area (TPSA) is 93.9 Å². The summed E-state index contributed by atoms with van der Waals surface area (Å²) in [6.07, 6.45) is 0. The molecular weight excluding hydrogens is 398 g/mol. The van der Waals surface area contributed by atoms with E-state index in [2.05, 4.69) is 10.2 Å². The van der Waals surface area contributed by atoms with Crippen molar-refractivity contribution in [3.63, 3.8) is 0 Å². The lowest BCUT2D eigenvalue weighted by Gasteiger charge is -2.35. The van der Waals surface area contributed by atoms with Gasteiger partial charge in [0.1, 0.15) is 5.75 Å². The molecule has 0 radical (unpaired) electrons. The first kappa shape index (κ1) is 21.0. The lowest BCUT2D eigenvalue weighted by atomic mass is 10.0. The molecule has 1 fully saturated rings. The molecule has 1 unspecified atom stereocenters. The molecule has 1 N–H and O–H groups in total. The second-order valence-corrected chi connectivity index (χ2v) is 7.00. The highest BCUT2D eigenvalue weighted by molar-refractivity contribution is 6.30. The molecule has 154 valence electrons. The van der Waals surface area contributed by atoms with Gasteiger partial charge < -0.3 is 14.8 Å². The Morgan fingerprint density at radius 2 is 1.97 bits per heavy atom. The number of rotatable bonds is 8. The zero-order valence-corrected chi connectivity index (χ0v) is 16.5. The Kier molecular flexibility index (Phi) is 7.40. The molecule has 1 aliphatic heterocycles. The number of morpholine rings is 1. The van der Waals surface area contributed by atoms with Crippen LogP contribution in [0.1, 0.15) is 11.6 Å². The SMILES string of the molecule is O=C(COc1cccc([N+](=O)[O-])c1)NCC(c1ccc(Cl)cc1)N1CCOCC1. The molecule has 1 amide bonds. The van der Waals surface area contributed by atoms with Gasteiger partial charge in [0, 0.05) is 30.7 Å². The molecule has 2 aromatic carbocycles. The summed E-state index contributed by atoms with van der Waals surface area (Å²) in [7, 11) is 0. The van der Waals surface area contributed by atoms with Crippen LogP contribution in [0.5, 0.6) is 5.75 Å². The summed E-state index contributed by atoms with van der Waals surface area (Å²) in [5.41, 5.74) is 0.967. The van der Waals surface area contributed by atoms with Gasteiger partial charge in [-0.15, -0.1) is 0 Å². The molecule has 1 saturated heterocycles. The van der Waals surface area contributed by atoms with Crippen LogP contribution in [0.15, 0.2) is 48.5 Å². The van der Waals surface area contributed by atoms with Gasteiger partial charge in [0.05, 0.1) is 30.2 Å². The lowest BCUT2D eigenvalue weighted by molar-refractivity contribution is -0.384. The van der Waals surface area contributed by atoms with Crippen molar-refractivity contribution in [1.29, 1.82) is 0 Å². The van der Waals surface area contributed by atoms with E-state index in [9.17, 15) is 14.9 Å². The van der Waals surface area contributed by atoms with E-state index in [-0.39, 0.29) is 30.0 Å². The van der Waals surface area contributed by atoms with E-state index in [1.165, 1.54) is 18.2 Å². The predicted molar refractivity (Wildman–Crippen MR) is 108 cm³/mol. The Morgan fingerprint density at radius 3 is 2.66 bits per heavy atom. The van der Waals surface area contributed by atoms with E-state index in [1.807, 2.05) is 24.3 Å². The fourth-order valence-corrected chi connectivity index (χ4v) is 3.26. The number of nitrogens with zero attached hydrogens (tertiary/aromatic N) is 2. The molecule has 0 aliphatic carbocycles. The number of nitrogens with one attached hydrogen (secondary N) is 1. The summed E-state index contributed by atoms with van der Waals surface area (Å²) in [4.78, 5) is 24.8. The Bertz CT molecular complexity index is 840. The van der Waals surface area contributed by atoms with Gasteiger partial charge in [-0.05, 0) is 23.8 Å². The Balaban J connectivity index is 1.58. The number of carbonyl (C=O) groups excluding carboxylic acids is 1. The number of ether oxygens (including phenoxy) is 2. The maximum absolute atomic E-state index is 12.3. The van der Waals surface area contributed by atoms with Gasteiger partial charge >= 0.3 is 0 Å². The first-order valence-corrected chi connectivity index (χ1v) is 9.62. The normalized spacial score (nSPS) is 15.5. The zero-order chi connectivity index (χ0) is 20.6. The summed E-state index contributed by atoms with van der Waals surface area (Å²) in [5, 5.41) is 14.4. The van der Waals surface area contributed by atoms with Crippen LogP contribution in [-0.4, -0.2) is 55.2 Å². The monoisotopic (exact) mass is 419 g/mol. The molecule has 8 nitrogen and oxygen atoms in total. The Morgan fingerprint density at radius 1 is 1.24 bits per heavy atom. The fourth-order valence-electron chi connectivity index (χ4n) is 3.13.